The maximum Gasteiger partial charge on any atom is 0.237 e. The van der Waals surface area contributed by atoms with Gasteiger partial charge in [0.2, 0.25) is 5.91 Å². The summed E-state index contributed by atoms with van der Waals surface area (Å²) in [6, 6.07) is 8.80. The van der Waals surface area contributed by atoms with E-state index in [0.29, 0.717) is 12.6 Å². The number of hydrogen-bond donors (Lipinski definition) is 2. The molecule has 0 spiro atoms. The molecule has 3 heteroatoms. The van der Waals surface area contributed by atoms with Crippen LogP contribution in [0.4, 0.5) is 0 Å². The second kappa shape index (κ2) is 6.53. The van der Waals surface area contributed by atoms with E-state index in [1.807, 2.05) is 6.92 Å². The van der Waals surface area contributed by atoms with Crippen LogP contribution in [-0.2, 0) is 17.6 Å². The van der Waals surface area contributed by atoms with E-state index in [1.165, 1.54) is 11.1 Å². The molecule has 0 aromatic heterocycles. The quantitative estimate of drug-likeness (QED) is 0.791. The van der Waals surface area contributed by atoms with Gasteiger partial charge in [-0.1, -0.05) is 30.3 Å². The summed E-state index contributed by atoms with van der Waals surface area (Å²) in [6.07, 6.45) is 4.89. The predicted octanol–water partition coefficient (Wildman–Crippen LogP) is 1.82. The molecule has 19 heavy (non-hydrogen) atoms. The highest BCUT2D eigenvalue weighted by atomic mass is 16.2. The maximum absolute atomic E-state index is 11.8. The number of amides is 1. The molecule has 1 aromatic rings. The molecule has 2 atom stereocenters. The van der Waals surface area contributed by atoms with Crippen LogP contribution in [-0.4, -0.2) is 24.5 Å². The van der Waals surface area contributed by atoms with Gasteiger partial charge in [0, 0.05) is 12.6 Å². The zero-order chi connectivity index (χ0) is 13.7. The minimum Gasteiger partial charge on any atom is -0.351 e. The molecule has 0 radical (unpaired) electrons. The van der Waals surface area contributed by atoms with Gasteiger partial charge in [-0.15, -0.1) is 6.58 Å². The zero-order valence-electron chi connectivity index (χ0n) is 11.5. The molecule has 0 heterocycles. The van der Waals surface area contributed by atoms with Crippen molar-refractivity contribution in [1.82, 2.24) is 10.6 Å². The van der Waals surface area contributed by atoms with Crippen molar-refractivity contribution in [2.75, 3.05) is 6.54 Å². The van der Waals surface area contributed by atoms with E-state index >= 15 is 0 Å². The summed E-state index contributed by atoms with van der Waals surface area (Å²) in [7, 11) is 0. The first kappa shape index (κ1) is 13.8. The van der Waals surface area contributed by atoms with E-state index in [1.54, 1.807) is 6.08 Å². The van der Waals surface area contributed by atoms with E-state index in [9.17, 15) is 4.79 Å². The summed E-state index contributed by atoms with van der Waals surface area (Å²) < 4.78 is 0. The number of rotatable bonds is 5. The van der Waals surface area contributed by atoms with E-state index in [-0.39, 0.29) is 11.9 Å². The first-order valence-electron chi connectivity index (χ1n) is 6.92. The molecule has 0 saturated heterocycles. The minimum absolute atomic E-state index is 0.0405. The molecule has 102 valence electrons. The molecule has 3 nitrogen and oxygen atoms in total. The van der Waals surface area contributed by atoms with Crippen LogP contribution in [0.25, 0.3) is 0 Å². The molecule has 0 saturated carbocycles. The van der Waals surface area contributed by atoms with E-state index in [4.69, 9.17) is 0 Å². The molecular formula is C16H22N2O. The summed E-state index contributed by atoms with van der Waals surface area (Å²) in [6.45, 7) is 6.04. The second-order valence-corrected chi connectivity index (χ2v) is 5.13. The van der Waals surface area contributed by atoms with Gasteiger partial charge in [0.1, 0.15) is 0 Å². The monoisotopic (exact) mass is 258 g/mol. The Hall–Kier alpha value is -1.61. The summed E-state index contributed by atoms with van der Waals surface area (Å²) in [5.41, 5.74) is 2.86. The van der Waals surface area contributed by atoms with Crippen molar-refractivity contribution in [3.63, 3.8) is 0 Å². The lowest BCUT2D eigenvalue weighted by molar-refractivity contribution is -0.122. The fourth-order valence-corrected chi connectivity index (χ4v) is 2.60. The summed E-state index contributed by atoms with van der Waals surface area (Å²) in [5, 5.41) is 6.24. The fraction of sp³-hybridized carbons (Fsp3) is 0.438. The lowest BCUT2D eigenvalue weighted by Gasteiger charge is -2.28. The highest BCUT2D eigenvalue weighted by molar-refractivity contribution is 5.81. The van der Waals surface area contributed by atoms with Crippen LogP contribution in [0.2, 0.25) is 0 Å². The average Bonchev–Trinajstić information content (AvgIpc) is 2.44. The molecule has 2 unspecified atom stereocenters. The topological polar surface area (TPSA) is 41.1 Å². The van der Waals surface area contributed by atoms with Gasteiger partial charge in [-0.3, -0.25) is 4.79 Å². The van der Waals surface area contributed by atoms with Crippen LogP contribution in [0.1, 0.15) is 24.5 Å². The molecular weight excluding hydrogens is 236 g/mol. The molecule has 2 N–H and O–H groups in total. The van der Waals surface area contributed by atoms with Crippen LogP contribution < -0.4 is 10.6 Å². The van der Waals surface area contributed by atoms with E-state index in [0.717, 1.165) is 19.3 Å². The van der Waals surface area contributed by atoms with Crippen molar-refractivity contribution in [3.8, 4) is 0 Å². The van der Waals surface area contributed by atoms with E-state index in [2.05, 4.69) is 41.5 Å². The number of hydrogen-bond acceptors (Lipinski definition) is 2. The number of benzene rings is 1. The van der Waals surface area contributed by atoms with Crippen molar-refractivity contribution >= 4 is 5.91 Å². The van der Waals surface area contributed by atoms with Crippen molar-refractivity contribution in [1.29, 1.82) is 0 Å². The molecule has 1 aliphatic carbocycles. The first-order valence-corrected chi connectivity index (χ1v) is 6.92. The Labute approximate surface area is 115 Å². The highest BCUT2D eigenvalue weighted by Crippen LogP contribution is 2.21. The minimum atomic E-state index is -0.157. The van der Waals surface area contributed by atoms with Gasteiger partial charge in [0.25, 0.3) is 0 Å². The Kier molecular flexibility index (Phi) is 4.74. The number of aryl methyl sites for hydroxylation is 1. The van der Waals surface area contributed by atoms with Crippen LogP contribution >= 0.6 is 0 Å². The summed E-state index contributed by atoms with van der Waals surface area (Å²) in [4.78, 5) is 11.8. The third-order valence-electron chi connectivity index (χ3n) is 3.65. The highest BCUT2D eigenvalue weighted by Gasteiger charge is 2.21. The largest absolute Gasteiger partial charge is 0.351 e. The smallest absolute Gasteiger partial charge is 0.237 e. The summed E-state index contributed by atoms with van der Waals surface area (Å²) >= 11 is 0. The van der Waals surface area contributed by atoms with Gasteiger partial charge in [0.15, 0.2) is 0 Å². The van der Waals surface area contributed by atoms with Crippen LogP contribution in [0.3, 0.4) is 0 Å². The molecule has 0 fully saturated rings. The Morgan fingerprint density at radius 3 is 2.95 bits per heavy atom. The Balaban J connectivity index is 1.88. The Bertz CT molecular complexity index is 456. The Morgan fingerprint density at radius 2 is 2.21 bits per heavy atom. The van der Waals surface area contributed by atoms with Gasteiger partial charge in [-0.05, 0) is 37.3 Å². The third-order valence-corrected chi connectivity index (χ3v) is 3.65. The number of carbonyl (C=O) groups excluding carboxylic acids is 1. The van der Waals surface area contributed by atoms with Crippen LogP contribution in [0.5, 0.6) is 0 Å². The second-order valence-electron chi connectivity index (χ2n) is 5.13. The van der Waals surface area contributed by atoms with Gasteiger partial charge in [-0.25, -0.2) is 0 Å². The molecule has 0 aliphatic heterocycles. The van der Waals surface area contributed by atoms with Crippen LogP contribution in [0, 0.1) is 0 Å². The maximum atomic E-state index is 11.8. The number of nitrogens with one attached hydrogen (secondary N) is 2. The predicted molar refractivity (Wildman–Crippen MR) is 78.1 cm³/mol. The Morgan fingerprint density at radius 1 is 1.47 bits per heavy atom. The van der Waals surface area contributed by atoms with Gasteiger partial charge < -0.3 is 10.6 Å². The van der Waals surface area contributed by atoms with Gasteiger partial charge in [0.05, 0.1) is 6.04 Å². The number of fused-ring (bicyclic) bond motifs is 1. The third kappa shape index (κ3) is 3.67. The summed E-state index contributed by atoms with van der Waals surface area (Å²) in [5.74, 6) is 0.0405. The van der Waals surface area contributed by atoms with Crippen molar-refractivity contribution in [2.24, 2.45) is 0 Å². The van der Waals surface area contributed by atoms with Gasteiger partial charge >= 0.3 is 0 Å². The standard InChI is InChI=1S/C16H22N2O/c1-3-10-17-16(19)12(2)18-15-9-8-13-6-4-5-7-14(13)11-15/h3-7,12,15,18H,1,8-11H2,2H3,(H,17,19). The first-order chi connectivity index (χ1) is 9.20. The molecule has 1 aromatic carbocycles. The van der Waals surface area contributed by atoms with Crippen LogP contribution in [0.15, 0.2) is 36.9 Å². The SMILES string of the molecule is C=CCNC(=O)C(C)NC1CCc2ccccc2C1. The molecule has 1 amide bonds. The van der Waals surface area contributed by atoms with Crippen molar-refractivity contribution in [3.05, 3.63) is 48.0 Å². The van der Waals surface area contributed by atoms with Crippen molar-refractivity contribution < 1.29 is 4.79 Å². The van der Waals surface area contributed by atoms with Gasteiger partial charge in [-0.2, -0.15) is 0 Å². The molecule has 1 aliphatic rings. The number of carbonyl (C=O) groups is 1. The lowest BCUT2D eigenvalue weighted by Crippen LogP contribution is -2.48. The molecule has 0 bridgehead atoms. The zero-order valence-corrected chi connectivity index (χ0v) is 11.5. The van der Waals surface area contributed by atoms with E-state index < -0.39 is 0 Å². The normalized spacial score (nSPS) is 19.3. The fourth-order valence-electron chi connectivity index (χ4n) is 2.60. The van der Waals surface area contributed by atoms with Crippen molar-refractivity contribution in [2.45, 2.75) is 38.3 Å². The average molecular weight is 258 g/mol. The molecule has 2 rings (SSSR count). The lowest BCUT2D eigenvalue weighted by atomic mass is 9.88.